The molecule has 0 unspecified atom stereocenters. The highest BCUT2D eigenvalue weighted by Crippen LogP contribution is 2.02. The smallest absolute Gasteiger partial charge is 0.0844 e. The first-order chi connectivity index (χ1) is 5.68. The average Bonchev–Trinajstić information content (AvgIpc) is 2.12. The Bertz CT molecular complexity index is 126. The molecule has 0 atom stereocenters. The van der Waals surface area contributed by atoms with Crippen molar-refractivity contribution in [1.29, 1.82) is 0 Å². The molecule has 0 saturated heterocycles. The van der Waals surface area contributed by atoms with E-state index in [-0.39, 0.29) is 5.66 Å². The Balaban J connectivity index is 3.76. The van der Waals surface area contributed by atoms with Crippen molar-refractivity contribution in [2.24, 2.45) is 0 Å². The Morgan fingerprint density at radius 3 is 2.33 bits per heavy atom. The highest BCUT2D eigenvalue weighted by molar-refractivity contribution is 5.00. The number of allylic oxidation sites excluding steroid dienone is 1. The van der Waals surface area contributed by atoms with Gasteiger partial charge in [0.2, 0.25) is 0 Å². The van der Waals surface area contributed by atoms with Crippen LogP contribution in [0, 0.1) is 6.92 Å². The van der Waals surface area contributed by atoms with E-state index < -0.39 is 0 Å². The van der Waals surface area contributed by atoms with Gasteiger partial charge in [0.15, 0.2) is 0 Å². The van der Waals surface area contributed by atoms with Crippen molar-refractivity contribution >= 4 is 0 Å². The summed E-state index contributed by atoms with van der Waals surface area (Å²) in [5.74, 6) is 0. The van der Waals surface area contributed by atoms with Gasteiger partial charge < -0.3 is 0 Å². The lowest BCUT2D eigenvalue weighted by Gasteiger charge is -2.24. The summed E-state index contributed by atoms with van der Waals surface area (Å²) in [5, 5.41) is 6.38. The van der Waals surface area contributed by atoms with Crippen molar-refractivity contribution in [1.82, 2.24) is 10.6 Å². The minimum absolute atomic E-state index is 0.0683. The van der Waals surface area contributed by atoms with Crippen molar-refractivity contribution in [2.45, 2.75) is 31.8 Å². The largest absolute Gasteiger partial charge is 0.299 e. The summed E-state index contributed by atoms with van der Waals surface area (Å²) < 4.78 is 0. The molecule has 0 aliphatic rings. The quantitative estimate of drug-likeness (QED) is 0.359. The van der Waals surface area contributed by atoms with Crippen molar-refractivity contribution < 1.29 is 0 Å². The fourth-order valence-corrected chi connectivity index (χ4v) is 0.873. The minimum atomic E-state index is -0.0683. The maximum absolute atomic E-state index is 3.79. The predicted molar refractivity (Wildman–Crippen MR) is 54.9 cm³/mol. The van der Waals surface area contributed by atoms with E-state index in [1.54, 1.807) is 0 Å². The molecule has 0 aromatic heterocycles. The Morgan fingerprint density at radius 2 is 1.92 bits per heavy atom. The van der Waals surface area contributed by atoms with E-state index in [0.717, 1.165) is 12.8 Å². The molecule has 2 heteroatoms. The zero-order valence-electron chi connectivity index (χ0n) is 8.48. The molecule has 1 radical (unpaired) electrons. The highest BCUT2D eigenvalue weighted by atomic mass is 15.1. The van der Waals surface area contributed by atoms with Crippen molar-refractivity contribution in [2.75, 3.05) is 14.1 Å². The van der Waals surface area contributed by atoms with Crippen LogP contribution in [-0.2, 0) is 0 Å². The van der Waals surface area contributed by atoms with Gasteiger partial charge in [-0.25, -0.2) is 0 Å². The predicted octanol–water partition coefficient (Wildman–Crippen LogP) is 1.70. The van der Waals surface area contributed by atoms with Crippen LogP contribution in [0.15, 0.2) is 12.2 Å². The third kappa shape index (κ3) is 4.52. The maximum atomic E-state index is 3.79. The van der Waals surface area contributed by atoms with Gasteiger partial charge in [-0.15, -0.1) is 0 Å². The highest BCUT2D eigenvalue weighted by Gasteiger charge is 2.12. The van der Waals surface area contributed by atoms with Crippen LogP contribution in [0.2, 0.25) is 0 Å². The molecule has 0 aliphatic heterocycles. The lowest BCUT2D eigenvalue weighted by atomic mass is 10.1. The summed E-state index contributed by atoms with van der Waals surface area (Å²) in [6.07, 6.45) is 7.64. The Kier molecular flexibility index (Phi) is 6.03. The number of likely N-dealkylation sites (N-methyl/N-ethyl adjacent to an activating group) is 2. The van der Waals surface area contributed by atoms with E-state index in [2.05, 4.69) is 36.6 Å². The van der Waals surface area contributed by atoms with Crippen molar-refractivity contribution in [3.63, 3.8) is 0 Å². The van der Waals surface area contributed by atoms with Crippen LogP contribution in [0.1, 0.15) is 26.2 Å². The van der Waals surface area contributed by atoms with Crippen LogP contribution in [0.25, 0.3) is 0 Å². The normalized spacial score (nSPS) is 12.7. The molecule has 0 bridgehead atoms. The molecule has 0 fully saturated rings. The summed E-state index contributed by atoms with van der Waals surface area (Å²) in [4.78, 5) is 0. The summed E-state index contributed by atoms with van der Waals surface area (Å²) in [6.45, 7) is 5.90. The van der Waals surface area contributed by atoms with Crippen LogP contribution < -0.4 is 10.6 Å². The number of hydrogen-bond acceptors (Lipinski definition) is 2. The van der Waals surface area contributed by atoms with Crippen LogP contribution in [0.4, 0.5) is 0 Å². The van der Waals surface area contributed by atoms with Crippen LogP contribution in [0.5, 0.6) is 0 Å². The fourth-order valence-electron chi connectivity index (χ4n) is 0.873. The van der Waals surface area contributed by atoms with Crippen LogP contribution in [0.3, 0.4) is 0 Å². The molecule has 0 rings (SSSR count). The van der Waals surface area contributed by atoms with Gasteiger partial charge in [-0.1, -0.05) is 25.5 Å². The molecule has 2 nitrogen and oxygen atoms in total. The van der Waals surface area contributed by atoms with E-state index in [1.165, 1.54) is 6.42 Å². The van der Waals surface area contributed by atoms with E-state index in [0.29, 0.717) is 0 Å². The monoisotopic (exact) mass is 169 g/mol. The molecule has 0 aromatic carbocycles. The first-order valence-electron chi connectivity index (χ1n) is 4.53. The Labute approximate surface area is 76.4 Å². The van der Waals surface area contributed by atoms with Crippen molar-refractivity contribution in [3.8, 4) is 0 Å². The third-order valence-electron chi connectivity index (χ3n) is 2.11. The molecule has 0 spiro atoms. The zero-order valence-corrected chi connectivity index (χ0v) is 8.48. The van der Waals surface area contributed by atoms with Gasteiger partial charge in [0.05, 0.1) is 5.66 Å². The molecule has 0 heterocycles. The number of hydrogen-bond donors (Lipinski definition) is 2. The van der Waals surface area contributed by atoms with E-state index in [9.17, 15) is 0 Å². The Hall–Kier alpha value is -0.340. The third-order valence-corrected chi connectivity index (χ3v) is 2.11. The molecular formula is C10H21N2. The van der Waals surface area contributed by atoms with Gasteiger partial charge in [0.1, 0.15) is 0 Å². The van der Waals surface area contributed by atoms with Gasteiger partial charge in [-0.2, -0.15) is 0 Å². The van der Waals surface area contributed by atoms with Gasteiger partial charge in [0.25, 0.3) is 0 Å². The van der Waals surface area contributed by atoms with Crippen LogP contribution >= 0.6 is 0 Å². The molecule has 0 saturated carbocycles. The number of unbranched alkanes of at least 4 members (excludes halogenated alkanes) is 2. The summed E-state index contributed by atoms with van der Waals surface area (Å²) >= 11 is 0. The lowest BCUT2D eigenvalue weighted by Crippen LogP contribution is -2.49. The van der Waals surface area contributed by atoms with Gasteiger partial charge in [-0.3, -0.25) is 10.6 Å². The molecule has 71 valence electrons. The second-order valence-corrected chi connectivity index (χ2v) is 3.10. The second kappa shape index (κ2) is 6.21. The molecule has 2 N–H and O–H groups in total. The SMILES string of the molecule is [CH2]CCCC=CC(C)(NC)NC. The number of nitrogens with one attached hydrogen (secondary N) is 2. The maximum Gasteiger partial charge on any atom is 0.0844 e. The molecule has 0 amide bonds. The van der Waals surface area contributed by atoms with E-state index >= 15 is 0 Å². The topological polar surface area (TPSA) is 24.1 Å². The summed E-state index contributed by atoms with van der Waals surface area (Å²) in [5.41, 5.74) is -0.0683. The second-order valence-electron chi connectivity index (χ2n) is 3.10. The fraction of sp³-hybridized carbons (Fsp3) is 0.700. The number of rotatable bonds is 6. The van der Waals surface area contributed by atoms with E-state index in [4.69, 9.17) is 0 Å². The first kappa shape index (κ1) is 11.7. The van der Waals surface area contributed by atoms with Gasteiger partial charge in [0, 0.05) is 0 Å². The summed E-state index contributed by atoms with van der Waals surface area (Å²) in [7, 11) is 3.89. The molecular weight excluding hydrogens is 148 g/mol. The van der Waals surface area contributed by atoms with E-state index in [1.807, 2.05) is 14.1 Å². The van der Waals surface area contributed by atoms with Gasteiger partial charge in [-0.05, 0) is 33.9 Å². The lowest BCUT2D eigenvalue weighted by molar-refractivity contribution is 0.412. The molecule has 0 aromatic rings. The standard InChI is InChI=1S/C10H21N2/c1-5-6-7-8-9-10(2,11-3)12-4/h8-9,11-12H,1,5-7H2,2-4H3. The first-order valence-corrected chi connectivity index (χ1v) is 4.53. The summed E-state index contributed by atoms with van der Waals surface area (Å²) in [6, 6.07) is 0. The zero-order chi connectivity index (χ0) is 9.45. The minimum Gasteiger partial charge on any atom is -0.299 e. The Morgan fingerprint density at radius 1 is 1.33 bits per heavy atom. The van der Waals surface area contributed by atoms with Crippen molar-refractivity contribution in [3.05, 3.63) is 19.1 Å². The average molecular weight is 169 g/mol. The molecule has 0 aliphatic carbocycles. The molecule has 12 heavy (non-hydrogen) atoms. The van der Waals surface area contributed by atoms with Gasteiger partial charge >= 0.3 is 0 Å². The van der Waals surface area contributed by atoms with Crippen LogP contribution in [-0.4, -0.2) is 19.8 Å².